The van der Waals surface area contributed by atoms with Crippen LogP contribution in [0.4, 0.5) is 5.82 Å². The number of pyridine rings is 2. The minimum atomic E-state index is -0.497. The van der Waals surface area contributed by atoms with Gasteiger partial charge in [-0.3, -0.25) is 4.79 Å². The van der Waals surface area contributed by atoms with Gasteiger partial charge in [0, 0.05) is 30.6 Å². The summed E-state index contributed by atoms with van der Waals surface area (Å²) in [5.74, 6) is 0.154. The van der Waals surface area contributed by atoms with Crippen molar-refractivity contribution in [3.05, 3.63) is 60.4 Å². The van der Waals surface area contributed by atoms with Crippen molar-refractivity contribution < 1.29 is 39.1 Å². The van der Waals surface area contributed by atoms with E-state index in [1.165, 1.54) is 23.9 Å². The molecule has 0 amide bonds. The topological polar surface area (TPSA) is 73.2 Å². The van der Waals surface area contributed by atoms with Crippen molar-refractivity contribution in [2.75, 3.05) is 12.4 Å². The number of rotatable bonds is 5. The van der Waals surface area contributed by atoms with Crippen molar-refractivity contribution in [3.8, 4) is 11.1 Å². The fourth-order valence-electron chi connectivity index (χ4n) is 2.07. The molecule has 0 aliphatic heterocycles. The molecule has 7 heteroatoms. The molecule has 122 valence electrons. The van der Waals surface area contributed by atoms with Gasteiger partial charge in [-0.1, -0.05) is 0 Å². The number of aryl methyl sites for hydroxylation is 1. The number of aromatic nitrogens is 2. The summed E-state index contributed by atoms with van der Waals surface area (Å²) in [5.41, 5.74) is 1.10. The SMILES string of the molecule is [CH2-]CC([CH2-])Nc1ccc(-c2cc(C(=O)OC)cn(C)c2=O)cn1.[Na+]. The number of methoxy groups -OCH3 is 1. The molecule has 2 aromatic rings. The van der Waals surface area contributed by atoms with E-state index in [1.54, 1.807) is 25.4 Å². The second-order valence-corrected chi connectivity index (χ2v) is 5.11. The maximum Gasteiger partial charge on any atom is 1.00 e. The van der Waals surface area contributed by atoms with E-state index in [1.807, 2.05) is 0 Å². The number of hydrogen-bond donors (Lipinski definition) is 1. The Morgan fingerprint density at radius 2 is 2.17 bits per heavy atom. The summed E-state index contributed by atoms with van der Waals surface area (Å²) in [6.07, 6.45) is 3.66. The molecule has 0 bridgehead atoms. The van der Waals surface area contributed by atoms with Crippen molar-refractivity contribution in [2.24, 2.45) is 7.05 Å². The van der Waals surface area contributed by atoms with Gasteiger partial charge >= 0.3 is 35.5 Å². The summed E-state index contributed by atoms with van der Waals surface area (Å²) in [5, 5.41) is 3.09. The minimum Gasteiger partial charge on any atom is -0.465 e. The van der Waals surface area contributed by atoms with Crippen LogP contribution in [0, 0.1) is 13.8 Å². The van der Waals surface area contributed by atoms with Crippen LogP contribution in [0.1, 0.15) is 16.8 Å². The van der Waals surface area contributed by atoms with E-state index < -0.39 is 5.97 Å². The van der Waals surface area contributed by atoms with Crippen LogP contribution in [0.2, 0.25) is 0 Å². The summed E-state index contributed by atoms with van der Waals surface area (Å²) in [4.78, 5) is 28.2. The number of nitrogens with zero attached hydrogens (tertiary/aromatic N) is 2. The Bertz CT molecular complexity index is 757. The maximum atomic E-state index is 12.3. The summed E-state index contributed by atoms with van der Waals surface area (Å²) in [6, 6.07) is 5.00. The summed E-state index contributed by atoms with van der Waals surface area (Å²) >= 11 is 0. The van der Waals surface area contributed by atoms with Crippen LogP contribution in [-0.4, -0.2) is 28.7 Å². The van der Waals surface area contributed by atoms with Gasteiger partial charge in [-0.25, -0.2) is 9.78 Å². The zero-order chi connectivity index (χ0) is 17.0. The quantitative estimate of drug-likeness (QED) is 0.434. The Morgan fingerprint density at radius 1 is 1.46 bits per heavy atom. The molecule has 0 spiro atoms. The fraction of sp³-hybridized carbons (Fsp3) is 0.235. The molecule has 0 fully saturated rings. The van der Waals surface area contributed by atoms with Crippen LogP contribution in [0.25, 0.3) is 11.1 Å². The molecular weight excluding hydrogens is 317 g/mol. The molecule has 2 aromatic heterocycles. The van der Waals surface area contributed by atoms with Crippen LogP contribution >= 0.6 is 0 Å². The third-order valence-electron chi connectivity index (χ3n) is 3.38. The van der Waals surface area contributed by atoms with E-state index in [4.69, 9.17) is 4.74 Å². The first-order valence-electron chi connectivity index (χ1n) is 7.10. The average molecular weight is 336 g/mol. The Hall–Kier alpha value is -1.63. The summed E-state index contributed by atoms with van der Waals surface area (Å²) < 4.78 is 6.05. The zero-order valence-electron chi connectivity index (χ0n) is 14.2. The monoisotopic (exact) mass is 336 g/mol. The predicted octanol–water partition coefficient (Wildman–Crippen LogP) is -0.923. The van der Waals surface area contributed by atoms with Crippen molar-refractivity contribution in [3.63, 3.8) is 0 Å². The number of carbonyl (C=O) groups is 1. The van der Waals surface area contributed by atoms with Crippen LogP contribution in [0.5, 0.6) is 0 Å². The van der Waals surface area contributed by atoms with Crippen molar-refractivity contribution in [1.82, 2.24) is 9.55 Å². The molecule has 1 atom stereocenters. The molecule has 0 aromatic carbocycles. The minimum absolute atomic E-state index is 0. The van der Waals surface area contributed by atoms with Crippen LogP contribution in [0.3, 0.4) is 0 Å². The number of anilines is 1. The molecule has 0 saturated carbocycles. The zero-order valence-corrected chi connectivity index (χ0v) is 16.2. The number of nitrogens with one attached hydrogen (secondary N) is 1. The van der Waals surface area contributed by atoms with Gasteiger partial charge in [-0.15, -0.1) is 6.04 Å². The predicted molar refractivity (Wildman–Crippen MR) is 89.0 cm³/mol. The van der Waals surface area contributed by atoms with E-state index >= 15 is 0 Å². The molecule has 0 radical (unpaired) electrons. The Labute approximate surface area is 163 Å². The van der Waals surface area contributed by atoms with Crippen LogP contribution in [0.15, 0.2) is 35.4 Å². The average Bonchev–Trinajstić information content (AvgIpc) is 2.57. The van der Waals surface area contributed by atoms with E-state index in [0.29, 0.717) is 28.9 Å². The van der Waals surface area contributed by atoms with E-state index in [-0.39, 0.29) is 41.2 Å². The molecule has 24 heavy (non-hydrogen) atoms. The van der Waals surface area contributed by atoms with Gasteiger partial charge in [0.1, 0.15) is 5.82 Å². The van der Waals surface area contributed by atoms with Gasteiger partial charge in [0.2, 0.25) is 0 Å². The molecule has 2 heterocycles. The standard InChI is InChI=1S/C17H19N3O3.Na/c1-5-11(2)19-15-7-6-12(9-18-15)14-8-13(17(22)23-4)10-20(3)16(14)21;/h6-11H,1-2,5H2,3-4H3,(H,18,19);/q-2;+1. The Balaban J connectivity index is 0.00000288. The van der Waals surface area contributed by atoms with E-state index in [2.05, 4.69) is 24.1 Å². The first-order valence-corrected chi connectivity index (χ1v) is 7.10. The number of hydrogen-bond acceptors (Lipinski definition) is 5. The number of carbonyl (C=O) groups excluding carboxylic acids is 1. The Morgan fingerprint density at radius 3 is 2.71 bits per heavy atom. The second-order valence-electron chi connectivity index (χ2n) is 5.11. The van der Waals surface area contributed by atoms with Crippen LogP contribution < -0.4 is 40.4 Å². The van der Waals surface area contributed by atoms with Gasteiger partial charge in [-0.05, 0) is 18.2 Å². The molecule has 0 aliphatic carbocycles. The van der Waals surface area contributed by atoms with Crippen molar-refractivity contribution >= 4 is 11.8 Å². The van der Waals surface area contributed by atoms with Gasteiger partial charge in [0.15, 0.2) is 0 Å². The summed E-state index contributed by atoms with van der Waals surface area (Å²) in [6.45, 7) is 7.64. The van der Waals surface area contributed by atoms with E-state index in [9.17, 15) is 9.59 Å². The van der Waals surface area contributed by atoms with Crippen molar-refractivity contribution in [2.45, 2.75) is 12.5 Å². The first kappa shape index (κ1) is 20.4. The maximum absolute atomic E-state index is 12.3. The fourth-order valence-corrected chi connectivity index (χ4v) is 2.07. The molecule has 1 unspecified atom stereocenters. The number of esters is 1. The van der Waals surface area contributed by atoms with Gasteiger partial charge in [0.25, 0.3) is 5.56 Å². The van der Waals surface area contributed by atoms with Crippen molar-refractivity contribution in [1.29, 1.82) is 0 Å². The molecule has 0 aliphatic rings. The van der Waals surface area contributed by atoms with Crippen LogP contribution in [-0.2, 0) is 11.8 Å². The molecular formula is C17H19N3NaO3-. The third kappa shape index (κ3) is 4.69. The van der Waals surface area contributed by atoms with Gasteiger partial charge < -0.3 is 28.5 Å². The molecule has 1 N–H and O–H groups in total. The smallest absolute Gasteiger partial charge is 0.465 e. The third-order valence-corrected chi connectivity index (χ3v) is 3.38. The van der Waals surface area contributed by atoms with E-state index in [0.717, 1.165) is 0 Å². The summed E-state index contributed by atoms with van der Waals surface area (Å²) in [7, 11) is 2.89. The number of ether oxygens (including phenoxy) is 1. The molecule has 2 rings (SSSR count). The van der Waals surface area contributed by atoms with Gasteiger partial charge in [0.05, 0.1) is 12.7 Å². The normalized spacial score (nSPS) is 11.3. The Kier molecular flexibility index (Phi) is 7.66. The largest absolute Gasteiger partial charge is 1.00 e. The second kappa shape index (κ2) is 9.01. The first-order chi connectivity index (χ1) is 11.0. The van der Waals surface area contributed by atoms with Gasteiger partial charge in [-0.2, -0.15) is 6.42 Å². The molecule has 0 saturated heterocycles. The molecule has 6 nitrogen and oxygen atoms in total.